The molecule has 0 unspecified atom stereocenters. The third kappa shape index (κ3) is 11.9. The Hall–Kier alpha value is -2.37. The Morgan fingerprint density at radius 2 is 1.62 bits per heavy atom. The number of aliphatic carboxylic acids is 1. The van der Waals surface area contributed by atoms with E-state index in [1.165, 1.54) is 11.1 Å². The number of amides is 2. The van der Waals surface area contributed by atoms with Crippen LogP contribution < -0.4 is 10.6 Å². The highest BCUT2D eigenvalue weighted by Crippen LogP contribution is 2.08. The molecular weight excluding hydrogens is 368 g/mol. The minimum atomic E-state index is -1.01. The van der Waals surface area contributed by atoms with Crippen LogP contribution in [0.4, 0.5) is 0 Å². The van der Waals surface area contributed by atoms with Crippen LogP contribution in [0.1, 0.15) is 75.8 Å². The Balaban J connectivity index is 2.09. The van der Waals surface area contributed by atoms with Crippen molar-refractivity contribution in [3.63, 3.8) is 0 Å². The fourth-order valence-electron chi connectivity index (χ4n) is 3.02. The number of rotatable bonds is 15. The van der Waals surface area contributed by atoms with Crippen molar-refractivity contribution in [2.75, 3.05) is 6.54 Å². The molecule has 0 radical (unpaired) electrons. The number of hydrogen-bond acceptors (Lipinski definition) is 3. The molecule has 0 saturated heterocycles. The zero-order valence-electron chi connectivity index (χ0n) is 17.8. The van der Waals surface area contributed by atoms with Gasteiger partial charge in [-0.15, -0.1) is 0 Å². The molecule has 1 rings (SSSR count). The Kier molecular flexibility index (Phi) is 12.4. The second kappa shape index (κ2) is 14.6. The summed E-state index contributed by atoms with van der Waals surface area (Å²) in [5.41, 5.74) is 2.55. The van der Waals surface area contributed by atoms with Gasteiger partial charge in [-0.2, -0.15) is 0 Å². The summed E-state index contributed by atoms with van der Waals surface area (Å²) in [6.45, 7) is 4.59. The number of carboxylic acid groups (broad SMARTS) is 1. The summed E-state index contributed by atoms with van der Waals surface area (Å²) in [6.07, 6.45) is 7.05. The lowest BCUT2D eigenvalue weighted by Gasteiger charge is -2.14. The molecule has 0 aliphatic carbocycles. The molecule has 0 aliphatic heterocycles. The minimum Gasteiger partial charge on any atom is -0.480 e. The van der Waals surface area contributed by atoms with Crippen LogP contribution in [0.15, 0.2) is 24.3 Å². The van der Waals surface area contributed by atoms with E-state index in [0.29, 0.717) is 38.6 Å². The van der Waals surface area contributed by atoms with Crippen LogP contribution in [0.3, 0.4) is 0 Å². The van der Waals surface area contributed by atoms with Crippen LogP contribution >= 0.6 is 0 Å². The molecule has 0 heterocycles. The Labute approximate surface area is 174 Å². The zero-order chi connectivity index (χ0) is 21.5. The molecule has 3 N–H and O–H groups in total. The monoisotopic (exact) mass is 404 g/mol. The minimum absolute atomic E-state index is 0.0385. The maximum Gasteiger partial charge on any atom is 0.326 e. The van der Waals surface area contributed by atoms with Gasteiger partial charge in [0.25, 0.3) is 0 Å². The highest BCUT2D eigenvalue weighted by molar-refractivity contribution is 5.83. The van der Waals surface area contributed by atoms with E-state index >= 15 is 0 Å². The van der Waals surface area contributed by atoms with Crippen LogP contribution in [0.5, 0.6) is 0 Å². The lowest BCUT2D eigenvalue weighted by atomic mass is 10.1. The van der Waals surface area contributed by atoms with Gasteiger partial charge in [0.2, 0.25) is 11.8 Å². The average Bonchev–Trinajstić information content (AvgIpc) is 2.69. The van der Waals surface area contributed by atoms with Crippen LogP contribution in [0, 0.1) is 6.92 Å². The summed E-state index contributed by atoms with van der Waals surface area (Å²) in [6, 6.07) is 7.62. The topological polar surface area (TPSA) is 95.5 Å². The molecule has 6 heteroatoms. The number of carbonyl (C=O) groups excluding carboxylic acids is 2. The van der Waals surface area contributed by atoms with Gasteiger partial charge in [-0.1, -0.05) is 43.2 Å². The van der Waals surface area contributed by atoms with Gasteiger partial charge in [0.15, 0.2) is 0 Å². The van der Waals surface area contributed by atoms with Crippen molar-refractivity contribution >= 4 is 17.8 Å². The fourth-order valence-corrected chi connectivity index (χ4v) is 3.02. The lowest BCUT2D eigenvalue weighted by Crippen LogP contribution is -2.40. The van der Waals surface area contributed by atoms with E-state index < -0.39 is 12.0 Å². The van der Waals surface area contributed by atoms with Crippen LogP contribution in [-0.2, 0) is 20.8 Å². The van der Waals surface area contributed by atoms with Crippen LogP contribution in [0.2, 0.25) is 0 Å². The van der Waals surface area contributed by atoms with Gasteiger partial charge < -0.3 is 15.7 Å². The van der Waals surface area contributed by atoms with E-state index in [4.69, 9.17) is 0 Å². The van der Waals surface area contributed by atoms with E-state index in [9.17, 15) is 19.5 Å². The first-order chi connectivity index (χ1) is 13.9. The van der Waals surface area contributed by atoms with Crippen molar-refractivity contribution in [2.24, 2.45) is 0 Å². The first-order valence-corrected chi connectivity index (χ1v) is 10.8. The maximum absolute atomic E-state index is 11.9. The van der Waals surface area contributed by atoms with Crippen molar-refractivity contribution < 1.29 is 19.5 Å². The molecule has 1 aromatic rings. The largest absolute Gasteiger partial charge is 0.480 e. The Bertz CT molecular complexity index is 628. The van der Waals surface area contributed by atoms with Gasteiger partial charge in [0.05, 0.1) is 0 Å². The molecule has 0 bridgehead atoms. The quantitative estimate of drug-likeness (QED) is 0.388. The number of hydrogen-bond donors (Lipinski definition) is 3. The first-order valence-electron chi connectivity index (χ1n) is 10.8. The van der Waals surface area contributed by atoms with Crippen molar-refractivity contribution in [1.82, 2.24) is 10.6 Å². The molecule has 2 amide bonds. The summed E-state index contributed by atoms with van der Waals surface area (Å²) in [5.74, 6) is -1.18. The molecule has 0 aliphatic rings. The van der Waals surface area contributed by atoms with E-state index in [1.807, 2.05) is 6.92 Å². The summed E-state index contributed by atoms with van der Waals surface area (Å²) in [7, 11) is 0. The smallest absolute Gasteiger partial charge is 0.326 e. The second-order valence-corrected chi connectivity index (χ2v) is 7.60. The highest BCUT2D eigenvalue weighted by atomic mass is 16.4. The van der Waals surface area contributed by atoms with E-state index in [-0.39, 0.29) is 11.8 Å². The molecule has 0 fully saturated rings. The standard InChI is InChI=1S/C23H36N2O4/c1-3-4-11-22(27)25-20(23(28)29)10-7-8-17-24-21(26)12-6-5-9-19-15-13-18(2)14-16-19/h13-16,20H,3-12,17H2,1-2H3,(H,24,26)(H,25,27)(H,28,29)/t20-/m0/s1. The Morgan fingerprint density at radius 3 is 2.28 bits per heavy atom. The summed E-state index contributed by atoms with van der Waals surface area (Å²) >= 11 is 0. The molecule has 0 saturated carbocycles. The summed E-state index contributed by atoms with van der Waals surface area (Å²) in [5, 5.41) is 14.7. The third-order valence-corrected chi connectivity index (χ3v) is 4.87. The average molecular weight is 405 g/mol. The van der Waals surface area contributed by atoms with Crippen LogP contribution in [0.25, 0.3) is 0 Å². The van der Waals surface area contributed by atoms with Gasteiger partial charge in [0.1, 0.15) is 6.04 Å². The van der Waals surface area contributed by atoms with Gasteiger partial charge in [-0.25, -0.2) is 4.79 Å². The maximum atomic E-state index is 11.9. The zero-order valence-corrected chi connectivity index (χ0v) is 17.8. The van der Waals surface area contributed by atoms with Gasteiger partial charge >= 0.3 is 5.97 Å². The molecule has 29 heavy (non-hydrogen) atoms. The van der Waals surface area contributed by atoms with E-state index in [1.54, 1.807) is 0 Å². The number of aryl methyl sites for hydroxylation is 2. The van der Waals surface area contributed by atoms with E-state index in [2.05, 4.69) is 41.8 Å². The van der Waals surface area contributed by atoms with Crippen molar-refractivity contribution in [1.29, 1.82) is 0 Å². The molecule has 1 atom stereocenters. The van der Waals surface area contributed by atoms with E-state index in [0.717, 1.165) is 32.1 Å². The number of unbranched alkanes of at least 4 members (excludes halogenated alkanes) is 3. The molecule has 0 spiro atoms. The summed E-state index contributed by atoms with van der Waals surface area (Å²) < 4.78 is 0. The van der Waals surface area contributed by atoms with Crippen molar-refractivity contribution in [3.05, 3.63) is 35.4 Å². The van der Waals surface area contributed by atoms with Crippen molar-refractivity contribution in [3.8, 4) is 0 Å². The van der Waals surface area contributed by atoms with Crippen LogP contribution in [-0.4, -0.2) is 35.5 Å². The first kappa shape index (κ1) is 24.7. The lowest BCUT2D eigenvalue weighted by molar-refractivity contribution is -0.142. The predicted octanol–water partition coefficient (Wildman–Crippen LogP) is 3.75. The second-order valence-electron chi connectivity index (χ2n) is 7.60. The molecule has 0 aromatic heterocycles. The normalized spacial score (nSPS) is 11.7. The molecular formula is C23H36N2O4. The molecule has 162 valence electrons. The highest BCUT2D eigenvalue weighted by Gasteiger charge is 2.18. The summed E-state index contributed by atoms with van der Waals surface area (Å²) in [4.78, 5) is 34.8. The number of carboxylic acids is 1. The van der Waals surface area contributed by atoms with Gasteiger partial charge in [0, 0.05) is 19.4 Å². The Morgan fingerprint density at radius 1 is 0.931 bits per heavy atom. The fraction of sp³-hybridized carbons (Fsp3) is 0.609. The predicted molar refractivity (Wildman–Crippen MR) is 115 cm³/mol. The third-order valence-electron chi connectivity index (χ3n) is 4.87. The number of carbonyl (C=O) groups is 3. The molecule has 6 nitrogen and oxygen atoms in total. The number of benzene rings is 1. The van der Waals surface area contributed by atoms with Gasteiger partial charge in [-0.05, 0) is 57.4 Å². The van der Waals surface area contributed by atoms with Crippen molar-refractivity contribution in [2.45, 2.75) is 84.1 Å². The SMILES string of the molecule is CCCCC(=O)N[C@@H](CCCCNC(=O)CCCCc1ccc(C)cc1)C(=O)O. The molecule has 1 aromatic carbocycles. The number of nitrogens with one attached hydrogen (secondary N) is 2. The van der Waals surface area contributed by atoms with Gasteiger partial charge in [-0.3, -0.25) is 9.59 Å².